The lowest BCUT2D eigenvalue weighted by atomic mass is 10.2. The van der Waals surface area contributed by atoms with Crippen molar-refractivity contribution in [2.75, 3.05) is 18.4 Å². The molecule has 2 N–H and O–H groups in total. The third kappa shape index (κ3) is 2.56. The van der Waals surface area contributed by atoms with E-state index in [2.05, 4.69) is 20.6 Å². The largest absolute Gasteiger partial charge is 0.367 e. The Hall–Kier alpha value is -0.870. The molecule has 5 heteroatoms. The van der Waals surface area contributed by atoms with Gasteiger partial charge in [0.05, 0.1) is 12.4 Å². The fourth-order valence-corrected chi connectivity index (χ4v) is 1.73. The number of anilines is 1. The van der Waals surface area contributed by atoms with Gasteiger partial charge in [0.25, 0.3) is 0 Å². The van der Waals surface area contributed by atoms with E-state index in [1.165, 1.54) is 19.0 Å². The second kappa shape index (κ2) is 4.57. The van der Waals surface area contributed by atoms with Crippen LogP contribution in [0.2, 0.25) is 5.15 Å². The molecule has 0 aromatic carbocycles. The Kier molecular flexibility index (Phi) is 3.16. The van der Waals surface area contributed by atoms with Crippen molar-refractivity contribution in [3.05, 3.63) is 17.5 Å². The molecule has 0 amide bonds. The van der Waals surface area contributed by atoms with Crippen molar-refractivity contribution in [1.29, 1.82) is 0 Å². The van der Waals surface area contributed by atoms with E-state index >= 15 is 0 Å². The van der Waals surface area contributed by atoms with Crippen LogP contribution in [0, 0.1) is 0 Å². The van der Waals surface area contributed by atoms with Gasteiger partial charge in [-0.15, -0.1) is 0 Å². The van der Waals surface area contributed by atoms with Crippen LogP contribution in [0.3, 0.4) is 0 Å². The molecule has 1 aliphatic heterocycles. The highest BCUT2D eigenvalue weighted by Gasteiger charge is 2.13. The van der Waals surface area contributed by atoms with Gasteiger partial charge in [0.1, 0.15) is 11.0 Å². The lowest BCUT2D eigenvalue weighted by molar-refractivity contribution is 0.632. The SMILES string of the molecule is Clc1cncc(NC[C@@H]2CCCN2)n1. The first-order valence-electron chi connectivity index (χ1n) is 4.79. The third-order valence-corrected chi connectivity index (χ3v) is 2.48. The van der Waals surface area contributed by atoms with Gasteiger partial charge < -0.3 is 10.6 Å². The van der Waals surface area contributed by atoms with Crippen LogP contribution in [0.15, 0.2) is 12.4 Å². The smallest absolute Gasteiger partial charge is 0.149 e. The van der Waals surface area contributed by atoms with Gasteiger partial charge in [-0.2, -0.15) is 0 Å². The topological polar surface area (TPSA) is 49.8 Å². The summed E-state index contributed by atoms with van der Waals surface area (Å²) < 4.78 is 0. The summed E-state index contributed by atoms with van der Waals surface area (Å²) in [6.45, 7) is 2.00. The maximum absolute atomic E-state index is 5.71. The Labute approximate surface area is 88.1 Å². The minimum absolute atomic E-state index is 0.425. The lowest BCUT2D eigenvalue weighted by Gasteiger charge is -2.11. The Morgan fingerprint density at radius 1 is 1.57 bits per heavy atom. The van der Waals surface area contributed by atoms with Gasteiger partial charge in [-0.25, -0.2) is 4.98 Å². The Bertz CT molecular complexity index is 299. The molecular weight excluding hydrogens is 200 g/mol. The van der Waals surface area contributed by atoms with Crippen LogP contribution >= 0.6 is 11.6 Å². The second-order valence-electron chi connectivity index (χ2n) is 3.40. The van der Waals surface area contributed by atoms with Crippen molar-refractivity contribution >= 4 is 17.4 Å². The molecular formula is C9H13ClN4. The van der Waals surface area contributed by atoms with Crippen molar-refractivity contribution in [2.24, 2.45) is 0 Å². The first-order valence-corrected chi connectivity index (χ1v) is 5.17. The van der Waals surface area contributed by atoms with Crippen LogP contribution < -0.4 is 10.6 Å². The number of nitrogens with zero attached hydrogens (tertiary/aromatic N) is 2. The summed E-state index contributed by atoms with van der Waals surface area (Å²) in [6, 6.07) is 0.552. The number of rotatable bonds is 3. The molecule has 1 aliphatic rings. The van der Waals surface area contributed by atoms with E-state index in [1.807, 2.05) is 0 Å². The van der Waals surface area contributed by atoms with Crippen LogP contribution in [-0.4, -0.2) is 29.1 Å². The van der Waals surface area contributed by atoms with Crippen molar-refractivity contribution in [1.82, 2.24) is 15.3 Å². The van der Waals surface area contributed by atoms with Gasteiger partial charge in [-0.1, -0.05) is 11.6 Å². The lowest BCUT2D eigenvalue weighted by Crippen LogP contribution is -2.29. The first kappa shape index (κ1) is 9.68. The van der Waals surface area contributed by atoms with Crippen LogP contribution in [0.25, 0.3) is 0 Å². The maximum Gasteiger partial charge on any atom is 0.149 e. The maximum atomic E-state index is 5.71. The number of hydrogen-bond acceptors (Lipinski definition) is 4. The van der Waals surface area contributed by atoms with Gasteiger partial charge >= 0.3 is 0 Å². The van der Waals surface area contributed by atoms with Crippen LogP contribution in [0.5, 0.6) is 0 Å². The summed E-state index contributed by atoms with van der Waals surface area (Å²) in [5.74, 6) is 0.742. The Morgan fingerprint density at radius 2 is 2.50 bits per heavy atom. The summed E-state index contributed by atoms with van der Waals surface area (Å²) in [7, 11) is 0. The molecule has 0 saturated carbocycles. The molecule has 1 fully saturated rings. The molecule has 1 aromatic rings. The number of nitrogens with one attached hydrogen (secondary N) is 2. The minimum atomic E-state index is 0.425. The van der Waals surface area contributed by atoms with Crippen LogP contribution in [-0.2, 0) is 0 Å². The zero-order chi connectivity index (χ0) is 9.80. The van der Waals surface area contributed by atoms with Crippen molar-refractivity contribution < 1.29 is 0 Å². The standard InChI is InChI=1S/C9H13ClN4/c10-8-5-11-6-9(14-8)13-4-7-2-1-3-12-7/h5-7,12H,1-4H2,(H,13,14)/t7-/m0/s1. The molecule has 0 aliphatic carbocycles. The molecule has 1 atom stereocenters. The number of hydrogen-bond donors (Lipinski definition) is 2. The number of aromatic nitrogens is 2. The summed E-state index contributed by atoms with van der Waals surface area (Å²) >= 11 is 5.71. The summed E-state index contributed by atoms with van der Waals surface area (Å²) in [4.78, 5) is 8.05. The van der Waals surface area contributed by atoms with E-state index in [0.29, 0.717) is 11.2 Å². The van der Waals surface area contributed by atoms with Crippen LogP contribution in [0.1, 0.15) is 12.8 Å². The molecule has 4 nitrogen and oxygen atoms in total. The van der Waals surface area contributed by atoms with E-state index in [-0.39, 0.29) is 0 Å². The van der Waals surface area contributed by atoms with Gasteiger partial charge in [0.15, 0.2) is 0 Å². The van der Waals surface area contributed by atoms with Crippen molar-refractivity contribution in [3.8, 4) is 0 Å². The van der Waals surface area contributed by atoms with Gasteiger partial charge in [0, 0.05) is 12.6 Å². The van der Waals surface area contributed by atoms with Crippen molar-refractivity contribution in [3.63, 3.8) is 0 Å². The zero-order valence-corrected chi connectivity index (χ0v) is 8.59. The molecule has 14 heavy (non-hydrogen) atoms. The molecule has 76 valence electrons. The molecule has 0 bridgehead atoms. The summed E-state index contributed by atoms with van der Waals surface area (Å²) in [6.07, 6.45) is 5.69. The normalized spacial score (nSPS) is 21.1. The number of halogens is 1. The predicted octanol–water partition coefficient (Wildman–Crippen LogP) is 1.29. The van der Waals surface area contributed by atoms with Gasteiger partial charge in [0.2, 0.25) is 0 Å². The zero-order valence-electron chi connectivity index (χ0n) is 7.83. The molecule has 0 radical (unpaired) electrons. The highest BCUT2D eigenvalue weighted by Crippen LogP contribution is 2.09. The molecule has 2 rings (SSSR count). The highest BCUT2D eigenvalue weighted by molar-refractivity contribution is 6.29. The van der Waals surface area contributed by atoms with Crippen LogP contribution in [0.4, 0.5) is 5.82 Å². The fraction of sp³-hybridized carbons (Fsp3) is 0.556. The summed E-state index contributed by atoms with van der Waals surface area (Å²) in [5, 5.41) is 7.03. The molecule has 0 unspecified atom stereocenters. The van der Waals surface area contributed by atoms with Crippen molar-refractivity contribution in [2.45, 2.75) is 18.9 Å². The van der Waals surface area contributed by atoms with E-state index in [9.17, 15) is 0 Å². The second-order valence-corrected chi connectivity index (χ2v) is 3.79. The molecule has 1 saturated heterocycles. The third-order valence-electron chi connectivity index (χ3n) is 2.30. The Balaban J connectivity index is 1.85. The molecule has 2 heterocycles. The average molecular weight is 213 g/mol. The van der Waals surface area contributed by atoms with E-state index in [4.69, 9.17) is 11.6 Å². The predicted molar refractivity (Wildman–Crippen MR) is 56.6 cm³/mol. The van der Waals surface area contributed by atoms with E-state index in [1.54, 1.807) is 6.20 Å². The Morgan fingerprint density at radius 3 is 3.21 bits per heavy atom. The van der Waals surface area contributed by atoms with Gasteiger partial charge in [-0.05, 0) is 19.4 Å². The van der Waals surface area contributed by atoms with E-state index < -0.39 is 0 Å². The highest BCUT2D eigenvalue weighted by atomic mass is 35.5. The molecule has 1 aromatic heterocycles. The monoisotopic (exact) mass is 212 g/mol. The van der Waals surface area contributed by atoms with Gasteiger partial charge in [-0.3, -0.25) is 4.98 Å². The first-order chi connectivity index (χ1) is 6.84. The summed E-state index contributed by atoms with van der Waals surface area (Å²) in [5.41, 5.74) is 0. The minimum Gasteiger partial charge on any atom is -0.367 e. The van der Waals surface area contributed by atoms with E-state index in [0.717, 1.165) is 18.9 Å². The fourth-order valence-electron chi connectivity index (χ4n) is 1.59. The average Bonchev–Trinajstić information content (AvgIpc) is 2.67. The quantitative estimate of drug-likeness (QED) is 0.793. The molecule has 0 spiro atoms.